The Morgan fingerprint density at radius 3 is 2.67 bits per heavy atom. The molecule has 1 aliphatic heterocycles. The number of carbonyl (C=O) groups is 2. The SMILES string of the molecule is CC(C)(C)OC(=O)N1C[C@H](Oc2nc(Cl)cc3ccccc23)C[C@H]1C(=O)O. The molecule has 0 saturated carbocycles. The van der Waals surface area contributed by atoms with Crippen molar-refractivity contribution in [3.63, 3.8) is 0 Å². The number of aliphatic carboxylic acids is 1. The molecule has 27 heavy (non-hydrogen) atoms. The predicted molar refractivity (Wildman–Crippen MR) is 100 cm³/mol. The lowest BCUT2D eigenvalue weighted by Crippen LogP contribution is -2.43. The van der Waals surface area contributed by atoms with E-state index in [0.717, 1.165) is 10.8 Å². The van der Waals surface area contributed by atoms with Crippen molar-refractivity contribution in [1.82, 2.24) is 9.88 Å². The number of hydrogen-bond donors (Lipinski definition) is 1. The number of hydrogen-bond acceptors (Lipinski definition) is 5. The summed E-state index contributed by atoms with van der Waals surface area (Å²) < 4.78 is 11.3. The van der Waals surface area contributed by atoms with Gasteiger partial charge >= 0.3 is 12.1 Å². The fourth-order valence-corrected chi connectivity index (χ4v) is 3.22. The zero-order chi connectivity index (χ0) is 19.8. The summed E-state index contributed by atoms with van der Waals surface area (Å²) in [6.45, 7) is 5.28. The molecule has 1 saturated heterocycles. The van der Waals surface area contributed by atoms with Crippen molar-refractivity contribution in [2.45, 2.75) is 44.9 Å². The molecular formula is C19H21ClN2O5. The molecule has 0 aliphatic carbocycles. The van der Waals surface area contributed by atoms with Gasteiger partial charge in [-0.15, -0.1) is 0 Å². The molecule has 1 aromatic carbocycles. The summed E-state index contributed by atoms with van der Waals surface area (Å²) in [6.07, 6.45) is -1.07. The molecule has 0 bridgehead atoms. The van der Waals surface area contributed by atoms with Crippen molar-refractivity contribution in [2.75, 3.05) is 6.54 Å². The summed E-state index contributed by atoms with van der Waals surface area (Å²) in [5.41, 5.74) is -0.718. The molecule has 144 valence electrons. The molecule has 1 N–H and O–H groups in total. The van der Waals surface area contributed by atoms with Crippen molar-refractivity contribution in [3.8, 4) is 5.88 Å². The Morgan fingerprint density at radius 1 is 1.30 bits per heavy atom. The van der Waals surface area contributed by atoms with E-state index in [1.54, 1.807) is 26.8 Å². The van der Waals surface area contributed by atoms with Gasteiger partial charge in [-0.25, -0.2) is 14.6 Å². The zero-order valence-electron chi connectivity index (χ0n) is 15.3. The third kappa shape index (κ3) is 4.42. The van der Waals surface area contributed by atoms with Crippen LogP contribution in [-0.2, 0) is 9.53 Å². The van der Waals surface area contributed by atoms with E-state index in [4.69, 9.17) is 21.1 Å². The average Bonchev–Trinajstić information content (AvgIpc) is 2.97. The molecule has 2 aromatic rings. The number of halogens is 1. The van der Waals surface area contributed by atoms with Gasteiger partial charge in [-0.2, -0.15) is 0 Å². The lowest BCUT2D eigenvalue weighted by Gasteiger charge is -2.26. The number of ether oxygens (including phenoxy) is 2. The molecular weight excluding hydrogens is 372 g/mol. The summed E-state index contributed by atoms with van der Waals surface area (Å²) >= 11 is 6.07. The highest BCUT2D eigenvalue weighted by molar-refractivity contribution is 6.30. The summed E-state index contributed by atoms with van der Waals surface area (Å²) in [5.74, 6) is -0.783. The predicted octanol–water partition coefficient (Wildman–Crippen LogP) is 3.73. The molecule has 0 spiro atoms. The first-order chi connectivity index (χ1) is 12.6. The lowest BCUT2D eigenvalue weighted by atomic mass is 10.1. The second-order valence-electron chi connectivity index (χ2n) is 7.43. The highest BCUT2D eigenvalue weighted by atomic mass is 35.5. The van der Waals surface area contributed by atoms with E-state index >= 15 is 0 Å². The van der Waals surface area contributed by atoms with Crippen LogP contribution in [0.25, 0.3) is 10.8 Å². The van der Waals surface area contributed by atoms with Crippen LogP contribution in [0.2, 0.25) is 5.15 Å². The number of rotatable bonds is 3. The lowest BCUT2D eigenvalue weighted by molar-refractivity contribution is -0.142. The molecule has 7 nitrogen and oxygen atoms in total. The van der Waals surface area contributed by atoms with Crippen molar-refractivity contribution in [2.24, 2.45) is 0 Å². The summed E-state index contributed by atoms with van der Waals surface area (Å²) in [7, 11) is 0. The third-order valence-electron chi connectivity index (χ3n) is 4.13. The van der Waals surface area contributed by atoms with Crippen molar-refractivity contribution >= 4 is 34.4 Å². The monoisotopic (exact) mass is 392 g/mol. The first-order valence-corrected chi connectivity index (χ1v) is 8.96. The molecule has 1 fully saturated rings. The largest absolute Gasteiger partial charge is 0.480 e. The molecule has 0 unspecified atom stereocenters. The Balaban J connectivity index is 1.83. The van der Waals surface area contributed by atoms with Crippen molar-refractivity contribution in [3.05, 3.63) is 35.5 Å². The Hall–Kier alpha value is -2.54. The minimum atomic E-state index is -1.10. The van der Waals surface area contributed by atoms with Crippen LogP contribution in [0.4, 0.5) is 4.79 Å². The normalized spacial score (nSPS) is 19.9. The Bertz CT molecular complexity index is 880. The number of aromatic nitrogens is 1. The second kappa shape index (κ2) is 7.23. The van der Waals surface area contributed by atoms with E-state index in [1.807, 2.05) is 24.3 Å². The maximum atomic E-state index is 12.4. The van der Waals surface area contributed by atoms with E-state index in [9.17, 15) is 14.7 Å². The Kier molecular flexibility index (Phi) is 5.15. The standard InChI is InChI=1S/C19H21ClN2O5/c1-19(2,3)27-18(25)22-10-12(9-14(22)17(23)24)26-16-13-7-5-4-6-11(13)8-15(20)21-16/h4-8,12,14H,9-10H2,1-3H3,(H,23,24)/t12-,14+/m1/s1. The van der Waals surface area contributed by atoms with Crippen LogP contribution < -0.4 is 4.74 Å². The van der Waals surface area contributed by atoms with Crippen LogP contribution in [0, 0.1) is 0 Å². The zero-order valence-corrected chi connectivity index (χ0v) is 16.1. The van der Waals surface area contributed by atoms with Gasteiger partial charge < -0.3 is 14.6 Å². The molecule has 1 aliphatic rings. The maximum absolute atomic E-state index is 12.4. The van der Waals surface area contributed by atoms with Gasteiger partial charge in [0.25, 0.3) is 0 Å². The smallest absolute Gasteiger partial charge is 0.411 e. The number of likely N-dealkylation sites (tertiary alicyclic amines) is 1. The number of nitrogens with zero attached hydrogens (tertiary/aromatic N) is 2. The number of amides is 1. The topological polar surface area (TPSA) is 89.0 Å². The quantitative estimate of drug-likeness (QED) is 0.800. The number of pyridine rings is 1. The second-order valence-corrected chi connectivity index (χ2v) is 7.82. The van der Waals surface area contributed by atoms with E-state index in [2.05, 4.69) is 4.98 Å². The van der Waals surface area contributed by atoms with Crippen LogP contribution >= 0.6 is 11.6 Å². The molecule has 8 heteroatoms. The number of benzene rings is 1. The van der Waals surface area contributed by atoms with Gasteiger partial charge in [0.15, 0.2) is 0 Å². The van der Waals surface area contributed by atoms with Crippen LogP contribution in [0.15, 0.2) is 30.3 Å². The highest BCUT2D eigenvalue weighted by Crippen LogP contribution is 2.30. The van der Waals surface area contributed by atoms with Crippen molar-refractivity contribution in [1.29, 1.82) is 0 Å². The summed E-state index contributed by atoms with van der Waals surface area (Å²) in [6, 6.07) is 8.18. The van der Waals surface area contributed by atoms with Gasteiger partial charge in [-0.05, 0) is 38.3 Å². The van der Waals surface area contributed by atoms with E-state index in [1.165, 1.54) is 4.90 Å². The van der Waals surface area contributed by atoms with Gasteiger partial charge in [-0.1, -0.05) is 29.8 Å². The highest BCUT2D eigenvalue weighted by Gasteiger charge is 2.43. The first-order valence-electron chi connectivity index (χ1n) is 8.58. The molecule has 1 amide bonds. The molecule has 0 radical (unpaired) electrons. The van der Waals surface area contributed by atoms with Crippen molar-refractivity contribution < 1.29 is 24.2 Å². The molecule has 2 atom stereocenters. The summed E-state index contributed by atoms with van der Waals surface area (Å²) in [4.78, 5) is 29.4. The average molecular weight is 393 g/mol. The van der Waals surface area contributed by atoms with Crippen LogP contribution in [-0.4, -0.2) is 51.3 Å². The molecule has 3 rings (SSSR count). The Labute approximate surface area is 161 Å². The number of carboxylic acid groups (broad SMARTS) is 1. The van der Waals surface area contributed by atoms with Gasteiger partial charge in [0.2, 0.25) is 5.88 Å². The van der Waals surface area contributed by atoms with Crippen LogP contribution in [0.5, 0.6) is 5.88 Å². The Morgan fingerprint density at radius 2 is 2.00 bits per heavy atom. The minimum absolute atomic E-state index is 0.0917. The number of carboxylic acids is 1. The van der Waals surface area contributed by atoms with E-state index in [0.29, 0.717) is 5.88 Å². The van der Waals surface area contributed by atoms with Gasteiger partial charge in [0.1, 0.15) is 22.9 Å². The molecule has 1 aromatic heterocycles. The maximum Gasteiger partial charge on any atom is 0.411 e. The third-order valence-corrected chi connectivity index (χ3v) is 4.32. The van der Waals surface area contributed by atoms with Gasteiger partial charge in [0.05, 0.1) is 6.54 Å². The number of carbonyl (C=O) groups excluding carboxylic acids is 1. The van der Waals surface area contributed by atoms with E-state index < -0.39 is 29.8 Å². The fraction of sp³-hybridized carbons (Fsp3) is 0.421. The summed E-state index contributed by atoms with van der Waals surface area (Å²) in [5, 5.41) is 11.4. The number of fused-ring (bicyclic) bond motifs is 1. The first kappa shape index (κ1) is 19.2. The van der Waals surface area contributed by atoms with Crippen LogP contribution in [0.3, 0.4) is 0 Å². The van der Waals surface area contributed by atoms with Crippen LogP contribution in [0.1, 0.15) is 27.2 Å². The minimum Gasteiger partial charge on any atom is -0.480 e. The molecule has 2 heterocycles. The van der Waals surface area contributed by atoms with E-state index in [-0.39, 0.29) is 18.1 Å². The fourth-order valence-electron chi connectivity index (χ4n) is 3.02. The van der Waals surface area contributed by atoms with Gasteiger partial charge in [0, 0.05) is 11.8 Å². The van der Waals surface area contributed by atoms with Gasteiger partial charge in [-0.3, -0.25) is 4.90 Å².